The maximum Gasteiger partial charge on any atom is 0.234 e. The fraction of sp³-hybridized carbons (Fsp3) is 0.211. The molecule has 7 heteroatoms. The number of fused-ring (bicyclic) bond motifs is 1. The molecule has 1 heterocycles. The third-order valence-corrected chi connectivity index (χ3v) is 4.53. The zero-order chi connectivity index (χ0) is 18.5. The number of nitrogens with one attached hydrogen (secondary N) is 1. The molecule has 0 aliphatic heterocycles. The highest BCUT2D eigenvalue weighted by Crippen LogP contribution is 2.25. The number of thioether (sulfide) groups is 1. The van der Waals surface area contributed by atoms with Crippen LogP contribution in [0.25, 0.3) is 10.9 Å². The van der Waals surface area contributed by atoms with Crippen LogP contribution in [0.4, 0.5) is 10.1 Å². The van der Waals surface area contributed by atoms with Gasteiger partial charge in [-0.05, 0) is 44.4 Å². The van der Waals surface area contributed by atoms with E-state index in [1.54, 1.807) is 0 Å². The highest BCUT2D eigenvalue weighted by molar-refractivity contribution is 8.00. The lowest BCUT2D eigenvalue weighted by atomic mass is 10.2. The number of benzene rings is 2. The molecule has 134 valence electrons. The minimum Gasteiger partial charge on any atom is -0.325 e. The lowest BCUT2D eigenvalue weighted by Crippen LogP contribution is -2.15. The standard InChI is InChI=1S/C19H19FN4OS/c1-24(2)11-17-22-16-6-4-3-5-15(16)19(23-17)26-12-18(25)21-14-9-7-13(20)8-10-14/h3-10H,11-12H2,1-2H3,(H,21,25). The van der Waals surface area contributed by atoms with Gasteiger partial charge in [-0.1, -0.05) is 30.0 Å². The summed E-state index contributed by atoms with van der Waals surface area (Å²) in [4.78, 5) is 23.4. The topological polar surface area (TPSA) is 58.1 Å². The van der Waals surface area contributed by atoms with Crippen molar-refractivity contribution in [3.63, 3.8) is 0 Å². The summed E-state index contributed by atoms with van der Waals surface area (Å²) in [6.07, 6.45) is 0. The predicted octanol–water partition coefficient (Wildman–Crippen LogP) is 3.56. The Morgan fingerprint density at radius 2 is 1.85 bits per heavy atom. The number of carbonyl (C=O) groups is 1. The number of rotatable bonds is 6. The van der Waals surface area contributed by atoms with Crippen molar-refractivity contribution in [2.24, 2.45) is 0 Å². The van der Waals surface area contributed by atoms with Gasteiger partial charge in [0.05, 0.1) is 17.8 Å². The number of nitrogens with zero attached hydrogens (tertiary/aromatic N) is 3. The Hall–Kier alpha value is -2.51. The summed E-state index contributed by atoms with van der Waals surface area (Å²) in [6, 6.07) is 13.5. The van der Waals surface area contributed by atoms with Gasteiger partial charge in [-0.3, -0.25) is 4.79 Å². The summed E-state index contributed by atoms with van der Waals surface area (Å²) in [5, 5.41) is 4.46. The predicted molar refractivity (Wildman–Crippen MR) is 103 cm³/mol. The third kappa shape index (κ3) is 4.77. The number of halogens is 1. The van der Waals surface area contributed by atoms with Gasteiger partial charge < -0.3 is 10.2 Å². The summed E-state index contributed by atoms with van der Waals surface area (Å²) in [7, 11) is 3.92. The van der Waals surface area contributed by atoms with Crippen LogP contribution in [0.1, 0.15) is 5.82 Å². The van der Waals surface area contributed by atoms with Crippen LogP contribution in [0.3, 0.4) is 0 Å². The molecule has 0 saturated heterocycles. The smallest absolute Gasteiger partial charge is 0.234 e. The van der Waals surface area contributed by atoms with Crippen molar-refractivity contribution in [2.45, 2.75) is 11.6 Å². The number of anilines is 1. The average Bonchev–Trinajstić information content (AvgIpc) is 2.61. The van der Waals surface area contributed by atoms with Crippen LogP contribution in [0, 0.1) is 5.82 Å². The maximum absolute atomic E-state index is 12.9. The molecule has 0 aliphatic rings. The van der Waals surface area contributed by atoms with Gasteiger partial charge >= 0.3 is 0 Å². The minimum atomic E-state index is -0.335. The molecule has 3 rings (SSSR count). The fourth-order valence-electron chi connectivity index (χ4n) is 2.42. The van der Waals surface area contributed by atoms with Gasteiger partial charge in [0.1, 0.15) is 16.7 Å². The Morgan fingerprint density at radius 1 is 1.12 bits per heavy atom. The normalized spacial score (nSPS) is 11.1. The van der Waals surface area contributed by atoms with Crippen molar-refractivity contribution in [1.82, 2.24) is 14.9 Å². The van der Waals surface area contributed by atoms with Gasteiger partial charge in [-0.2, -0.15) is 0 Å². The summed E-state index contributed by atoms with van der Waals surface area (Å²) in [6.45, 7) is 0.625. The SMILES string of the molecule is CN(C)Cc1nc(SCC(=O)Nc2ccc(F)cc2)c2ccccc2n1. The molecule has 0 saturated carbocycles. The van der Waals surface area contributed by atoms with Gasteiger partial charge in [0.2, 0.25) is 5.91 Å². The number of aromatic nitrogens is 2. The molecule has 0 radical (unpaired) electrons. The van der Waals surface area contributed by atoms with E-state index < -0.39 is 0 Å². The third-order valence-electron chi connectivity index (χ3n) is 3.54. The second-order valence-corrected chi connectivity index (χ2v) is 7.01. The minimum absolute atomic E-state index is 0.168. The van der Waals surface area contributed by atoms with Gasteiger partial charge in [-0.15, -0.1) is 0 Å². The molecule has 26 heavy (non-hydrogen) atoms. The first-order valence-electron chi connectivity index (χ1n) is 8.10. The van der Waals surface area contributed by atoms with E-state index in [0.717, 1.165) is 21.8 Å². The fourth-order valence-corrected chi connectivity index (χ4v) is 3.26. The summed E-state index contributed by atoms with van der Waals surface area (Å²) in [5.41, 5.74) is 1.43. The van der Waals surface area contributed by atoms with Crippen molar-refractivity contribution in [3.8, 4) is 0 Å². The Morgan fingerprint density at radius 3 is 2.58 bits per heavy atom. The van der Waals surface area contributed by atoms with E-state index in [4.69, 9.17) is 0 Å². The lowest BCUT2D eigenvalue weighted by molar-refractivity contribution is -0.113. The van der Waals surface area contributed by atoms with Crippen LogP contribution < -0.4 is 5.32 Å². The first kappa shape index (κ1) is 18.3. The Bertz CT molecular complexity index is 915. The molecule has 3 aromatic rings. The largest absolute Gasteiger partial charge is 0.325 e. The van der Waals surface area contributed by atoms with E-state index in [1.807, 2.05) is 43.3 Å². The van der Waals surface area contributed by atoms with E-state index >= 15 is 0 Å². The molecule has 0 spiro atoms. The second-order valence-electron chi connectivity index (χ2n) is 6.04. The monoisotopic (exact) mass is 370 g/mol. The van der Waals surface area contributed by atoms with Gasteiger partial charge in [0.15, 0.2) is 0 Å². The van der Waals surface area contributed by atoms with Gasteiger partial charge in [0, 0.05) is 11.1 Å². The molecule has 0 atom stereocenters. The molecule has 0 bridgehead atoms. The summed E-state index contributed by atoms with van der Waals surface area (Å²) >= 11 is 1.37. The first-order valence-corrected chi connectivity index (χ1v) is 9.08. The molecule has 0 unspecified atom stereocenters. The number of carbonyl (C=O) groups excluding carboxylic acids is 1. The number of amides is 1. The van der Waals surface area contributed by atoms with Crippen molar-refractivity contribution in [2.75, 3.05) is 25.2 Å². The zero-order valence-corrected chi connectivity index (χ0v) is 15.4. The van der Waals surface area contributed by atoms with Crippen molar-refractivity contribution < 1.29 is 9.18 Å². The van der Waals surface area contributed by atoms with Crippen molar-refractivity contribution >= 4 is 34.3 Å². The Kier molecular flexibility index (Phi) is 5.80. The number of hydrogen-bond donors (Lipinski definition) is 1. The Balaban J connectivity index is 1.74. The molecule has 2 aromatic carbocycles. The van der Waals surface area contributed by atoms with Crippen LogP contribution in [0.2, 0.25) is 0 Å². The first-order chi connectivity index (χ1) is 12.5. The van der Waals surface area contributed by atoms with Crippen LogP contribution in [0.5, 0.6) is 0 Å². The lowest BCUT2D eigenvalue weighted by Gasteiger charge is -2.12. The highest BCUT2D eigenvalue weighted by atomic mass is 32.2. The van der Waals surface area contributed by atoms with Crippen molar-refractivity contribution in [3.05, 3.63) is 60.2 Å². The summed E-state index contributed by atoms with van der Waals surface area (Å²) in [5.74, 6) is 0.423. The molecule has 1 amide bonds. The molecular formula is C19H19FN4OS. The van der Waals surface area contributed by atoms with Gasteiger partial charge in [-0.25, -0.2) is 14.4 Å². The van der Waals surface area contributed by atoms with E-state index in [1.165, 1.54) is 36.0 Å². The zero-order valence-electron chi connectivity index (χ0n) is 14.6. The molecule has 0 fully saturated rings. The van der Waals surface area contributed by atoms with Crippen molar-refractivity contribution in [1.29, 1.82) is 0 Å². The van der Waals surface area contributed by atoms with E-state index in [9.17, 15) is 9.18 Å². The van der Waals surface area contributed by atoms with Crippen LogP contribution in [-0.4, -0.2) is 40.6 Å². The van der Waals surface area contributed by atoms with Crippen LogP contribution in [0.15, 0.2) is 53.6 Å². The molecule has 5 nitrogen and oxygen atoms in total. The molecule has 1 N–H and O–H groups in total. The van der Waals surface area contributed by atoms with E-state index in [-0.39, 0.29) is 17.5 Å². The molecule has 0 aliphatic carbocycles. The van der Waals surface area contributed by atoms with Crippen LogP contribution >= 0.6 is 11.8 Å². The van der Waals surface area contributed by atoms with Crippen LogP contribution in [-0.2, 0) is 11.3 Å². The Labute approximate surface area is 155 Å². The van der Waals surface area contributed by atoms with Gasteiger partial charge in [0.25, 0.3) is 0 Å². The average molecular weight is 370 g/mol. The van der Waals surface area contributed by atoms with E-state index in [2.05, 4.69) is 15.3 Å². The second kappa shape index (κ2) is 8.25. The number of para-hydroxylation sites is 1. The molecular weight excluding hydrogens is 351 g/mol. The molecule has 1 aromatic heterocycles. The highest BCUT2D eigenvalue weighted by Gasteiger charge is 2.11. The number of hydrogen-bond acceptors (Lipinski definition) is 5. The van der Waals surface area contributed by atoms with E-state index in [0.29, 0.717) is 12.2 Å². The summed E-state index contributed by atoms with van der Waals surface area (Å²) < 4.78 is 12.9. The quantitative estimate of drug-likeness (QED) is 0.531. The maximum atomic E-state index is 12.9.